The van der Waals surface area contributed by atoms with Crippen LogP contribution in [0, 0.1) is 18.7 Å². The van der Waals surface area contributed by atoms with E-state index in [1.807, 2.05) is 24.3 Å². The Kier molecular flexibility index (Phi) is 4.65. The van der Waals surface area contributed by atoms with E-state index >= 15 is 0 Å². The molecule has 1 unspecified atom stereocenters. The number of carbonyl (C=O) groups is 2. The first-order valence-electron chi connectivity index (χ1n) is 8.98. The fraction of sp³-hybridized carbons (Fsp3) is 0.190. The first-order valence-corrected chi connectivity index (χ1v) is 8.98. The first-order chi connectivity index (χ1) is 13.5. The topological polar surface area (TPSA) is 78.1 Å². The van der Waals surface area contributed by atoms with Gasteiger partial charge in [0.1, 0.15) is 5.82 Å². The number of aromatic nitrogens is 2. The van der Waals surface area contributed by atoms with Gasteiger partial charge in [0, 0.05) is 30.4 Å². The van der Waals surface area contributed by atoms with Crippen molar-refractivity contribution in [2.75, 3.05) is 16.8 Å². The van der Waals surface area contributed by atoms with Crippen molar-refractivity contribution in [3.8, 4) is 11.3 Å². The maximum atomic E-state index is 14.2. The number of hydrogen-bond donors (Lipinski definition) is 2. The molecule has 2 heterocycles. The largest absolute Gasteiger partial charge is 0.326 e. The Bertz CT molecular complexity index is 1030. The van der Waals surface area contributed by atoms with Crippen LogP contribution < -0.4 is 10.2 Å². The molecule has 1 fully saturated rings. The highest BCUT2D eigenvalue weighted by molar-refractivity contribution is 6.03. The molecule has 0 saturated carbocycles. The number of aryl methyl sites for hydroxylation is 1. The SMILES string of the molecule is Cc1ccc(N2CC(C(=O)Nc3cccc(-c4ccn[nH]4)c3)CC2=O)c(F)c1. The summed E-state index contributed by atoms with van der Waals surface area (Å²) in [5.74, 6) is -1.51. The molecule has 1 aliphatic rings. The van der Waals surface area contributed by atoms with E-state index in [0.717, 1.165) is 16.8 Å². The third-order valence-electron chi connectivity index (χ3n) is 4.83. The number of anilines is 2. The Balaban J connectivity index is 1.47. The van der Waals surface area contributed by atoms with Crippen molar-refractivity contribution in [2.45, 2.75) is 13.3 Å². The van der Waals surface area contributed by atoms with Gasteiger partial charge in [-0.3, -0.25) is 14.7 Å². The molecule has 0 radical (unpaired) electrons. The van der Waals surface area contributed by atoms with Crippen molar-refractivity contribution in [3.05, 3.63) is 66.1 Å². The Morgan fingerprint density at radius 1 is 1.25 bits per heavy atom. The van der Waals surface area contributed by atoms with Crippen LogP contribution in [-0.2, 0) is 9.59 Å². The highest BCUT2D eigenvalue weighted by atomic mass is 19.1. The van der Waals surface area contributed by atoms with E-state index in [9.17, 15) is 14.0 Å². The van der Waals surface area contributed by atoms with Crippen LogP contribution in [-0.4, -0.2) is 28.6 Å². The fourth-order valence-electron chi connectivity index (χ4n) is 3.37. The van der Waals surface area contributed by atoms with Crippen LogP contribution in [0.25, 0.3) is 11.3 Å². The number of rotatable bonds is 4. The Labute approximate surface area is 161 Å². The number of nitrogens with one attached hydrogen (secondary N) is 2. The second-order valence-corrected chi connectivity index (χ2v) is 6.90. The molecule has 3 aromatic rings. The molecule has 0 bridgehead atoms. The lowest BCUT2D eigenvalue weighted by atomic mass is 10.1. The maximum absolute atomic E-state index is 14.2. The van der Waals surface area contributed by atoms with E-state index in [1.165, 1.54) is 11.0 Å². The normalized spacial score (nSPS) is 16.4. The van der Waals surface area contributed by atoms with Gasteiger partial charge in [-0.2, -0.15) is 5.10 Å². The maximum Gasteiger partial charge on any atom is 0.229 e. The highest BCUT2D eigenvalue weighted by Gasteiger charge is 2.36. The summed E-state index contributed by atoms with van der Waals surface area (Å²) in [6.07, 6.45) is 1.71. The van der Waals surface area contributed by atoms with Crippen LogP contribution in [0.15, 0.2) is 54.7 Å². The molecule has 28 heavy (non-hydrogen) atoms. The second kappa shape index (κ2) is 7.26. The molecule has 2 amide bonds. The molecule has 2 aromatic carbocycles. The average Bonchev–Trinajstić information content (AvgIpc) is 3.32. The fourth-order valence-corrected chi connectivity index (χ4v) is 3.37. The summed E-state index contributed by atoms with van der Waals surface area (Å²) >= 11 is 0. The second-order valence-electron chi connectivity index (χ2n) is 6.90. The van der Waals surface area contributed by atoms with Gasteiger partial charge in [0.25, 0.3) is 0 Å². The Morgan fingerprint density at radius 3 is 2.86 bits per heavy atom. The van der Waals surface area contributed by atoms with Crippen LogP contribution >= 0.6 is 0 Å². The summed E-state index contributed by atoms with van der Waals surface area (Å²) in [4.78, 5) is 26.4. The minimum Gasteiger partial charge on any atom is -0.326 e. The summed E-state index contributed by atoms with van der Waals surface area (Å²) in [5.41, 5.74) is 3.35. The van der Waals surface area contributed by atoms with E-state index < -0.39 is 11.7 Å². The summed E-state index contributed by atoms with van der Waals surface area (Å²) in [5, 5.41) is 9.66. The Morgan fingerprint density at radius 2 is 2.11 bits per heavy atom. The van der Waals surface area contributed by atoms with Crippen molar-refractivity contribution in [2.24, 2.45) is 5.92 Å². The molecule has 1 saturated heterocycles. The quantitative estimate of drug-likeness (QED) is 0.729. The van der Waals surface area contributed by atoms with Gasteiger partial charge in [0.15, 0.2) is 0 Å². The summed E-state index contributed by atoms with van der Waals surface area (Å²) in [6.45, 7) is 1.94. The van der Waals surface area contributed by atoms with Crippen LogP contribution in [0.4, 0.5) is 15.8 Å². The number of hydrogen-bond acceptors (Lipinski definition) is 3. The number of H-pyrrole nitrogens is 1. The van der Waals surface area contributed by atoms with Crippen molar-refractivity contribution < 1.29 is 14.0 Å². The zero-order valence-electron chi connectivity index (χ0n) is 15.3. The van der Waals surface area contributed by atoms with E-state index in [4.69, 9.17) is 0 Å². The molecule has 0 aliphatic carbocycles. The molecule has 1 atom stereocenters. The van der Waals surface area contributed by atoms with Gasteiger partial charge in [-0.05, 0) is 42.8 Å². The lowest BCUT2D eigenvalue weighted by Gasteiger charge is -2.18. The van der Waals surface area contributed by atoms with Crippen molar-refractivity contribution in [3.63, 3.8) is 0 Å². The van der Waals surface area contributed by atoms with Crippen LogP contribution in [0.3, 0.4) is 0 Å². The van der Waals surface area contributed by atoms with Crippen LogP contribution in [0.2, 0.25) is 0 Å². The molecule has 4 rings (SSSR count). The predicted octanol–water partition coefficient (Wildman–Crippen LogP) is 3.52. The number of nitrogens with zero attached hydrogens (tertiary/aromatic N) is 2. The molecular weight excluding hydrogens is 359 g/mol. The van der Waals surface area contributed by atoms with Crippen molar-refractivity contribution in [1.82, 2.24) is 10.2 Å². The molecule has 1 aromatic heterocycles. The number of benzene rings is 2. The number of amides is 2. The van der Waals surface area contributed by atoms with Crippen LogP contribution in [0.5, 0.6) is 0 Å². The lowest BCUT2D eigenvalue weighted by molar-refractivity contribution is -0.122. The molecule has 2 N–H and O–H groups in total. The zero-order chi connectivity index (χ0) is 19.7. The summed E-state index contributed by atoms with van der Waals surface area (Å²) < 4.78 is 14.2. The van der Waals surface area contributed by atoms with Gasteiger partial charge in [0.2, 0.25) is 11.8 Å². The van der Waals surface area contributed by atoms with E-state index in [1.54, 1.807) is 31.3 Å². The summed E-state index contributed by atoms with van der Waals surface area (Å²) in [6, 6.07) is 13.9. The van der Waals surface area contributed by atoms with Gasteiger partial charge >= 0.3 is 0 Å². The van der Waals surface area contributed by atoms with E-state index in [-0.39, 0.29) is 30.5 Å². The number of carbonyl (C=O) groups excluding carboxylic acids is 2. The van der Waals surface area contributed by atoms with Crippen LogP contribution in [0.1, 0.15) is 12.0 Å². The molecule has 6 nitrogen and oxygen atoms in total. The highest BCUT2D eigenvalue weighted by Crippen LogP contribution is 2.29. The van der Waals surface area contributed by atoms with Gasteiger partial charge in [-0.1, -0.05) is 18.2 Å². The lowest BCUT2D eigenvalue weighted by Crippen LogP contribution is -2.28. The van der Waals surface area contributed by atoms with E-state index in [2.05, 4.69) is 15.5 Å². The average molecular weight is 378 g/mol. The minimum atomic E-state index is -0.538. The molecular formula is C21H19FN4O2. The van der Waals surface area contributed by atoms with Gasteiger partial charge in [-0.25, -0.2) is 4.39 Å². The third kappa shape index (κ3) is 3.51. The predicted molar refractivity (Wildman–Crippen MR) is 104 cm³/mol. The number of aromatic amines is 1. The van der Waals surface area contributed by atoms with Gasteiger partial charge in [0.05, 0.1) is 17.3 Å². The van der Waals surface area contributed by atoms with Gasteiger partial charge < -0.3 is 10.2 Å². The Hall–Kier alpha value is -3.48. The number of halogens is 1. The van der Waals surface area contributed by atoms with Crippen molar-refractivity contribution >= 4 is 23.2 Å². The molecule has 1 aliphatic heterocycles. The zero-order valence-corrected chi connectivity index (χ0v) is 15.3. The smallest absolute Gasteiger partial charge is 0.229 e. The monoisotopic (exact) mass is 378 g/mol. The minimum absolute atomic E-state index is 0.0549. The van der Waals surface area contributed by atoms with Gasteiger partial charge in [-0.15, -0.1) is 0 Å². The molecule has 0 spiro atoms. The standard InChI is InChI=1S/C21H19FN4O2/c1-13-5-6-19(17(22)9-13)26-12-15(11-20(26)27)21(28)24-16-4-2-3-14(10-16)18-7-8-23-25-18/h2-10,15H,11-12H2,1H3,(H,23,25)(H,24,28). The molecule has 7 heteroatoms. The summed E-state index contributed by atoms with van der Waals surface area (Å²) in [7, 11) is 0. The van der Waals surface area contributed by atoms with Crippen molar-refractivity contribution in [1.29, 1.82) is 0 Å². The first kappa shape index (κ1) is 17.9. The molecule has 142 valence electrons. The third-order valence-corrected chi connectivity index (χ3v) is 4.83. The van der Waals surface area contributed by atoms with E-state index in [0.29, 0.717) is 5.69 Å².